The molecule has 176 valence electrons. The quantitative estimate of drug-likeness (QED) is 0.325. The number of nitrogens with zero attached hydrogens (tertiary/aromatic N) is 1. The van der Waals surface area contributed by atoms with Gasteiger partial charge in [-0.25, -0.2) is 0 Å². The number of carboxylic acids is 1. The molecule has 1 saturated carbocycles. The molecule has 0 unspecified atom stereocenters. The summed E-state index contributed by atoms with van der Waals surface area (Å²) in [6.45, 7) is 0. The number of fused-ring (bicyclic) bond motifs is 1. The van der Waals surface area contributed by atoms with Crippen molar-refractivity contribution in [2.24, 2.45) is 5.92 Å². The van der Waals surface area contributed by atoms with Crippen LogP contribution in [-0.2, 0) is 4.79 Å². The van der Waals surface area contributed by atoms with Crippen molar-refractivity contribution in [3.05, 3.63) is 96.2 Å². The molecule has 3 aromatic carbocycles. The number of pyridine rings is 1. The Morgan fingerprint density at radius 2 is 1.57 bits per heavy atom. The SMILES string of the molecule is O=C(O)C[C@H]1CC[C@H](c2ccc(-c3ccc4c(C(=O)Nc5ccccc5)ccnc4c3)cc2)CC1. The van der Waals surface area contributed by atoms with Gasteiger partial charge in [0.2, 0.25) is 0 Å². The van der Waals surface area contributed by atoms with Crippen molar-refractivity contribution in [3.63, 3.8) is 0 Å². The Hall–Kier alpha value is -3.99. The second-order valence-electron chi connectivity index (χ2n) is 9.35. The Morgan fingerprint density at radius 1 is 0.857 bits per heavy atom. The Balaban J connectivity index is 1.31. The van der Waals surface area contributed by atoms with E-state index < -0.39 is 5.97 Å². The lowest BCUT2D eigenvalue weighted by Crippen LogP contribution is -2.16. The van der Waals surface area contributed by atoms with E-state index in [1.54, 1.807) is 12.3 Å². The van der Waals surface area contributed by atoms with Crippen molar-refractivity contribution >= 4 is 28.5 Å². The Kier molecular flexibility index (Phi) is 6.57. The number of carboxylic acid groups (broad SMARTS) is 1. The minimum Gasteiger partial charge on any atom is -0.481 e. The number of carbonyl (C=O) groups is 2. The van der Waals surface area contributed by atoms with Crippen molar-refractivity contribution in [2.45, 2.75) is 38.0 Å². The van der Waals surface area contributed by atoms with E-state index in [-0.39, 0.29) is 12.3 Å². The molecule has 2 N–H and O–H groups in total. The van der Waals surface area contributed by atoms with Gasteiger partial charge >= 0.3 is 5.97 Å². The van der Waals surface area contributed by atoms with Crippen LogP contribution in [0.2, 0.25) is 0 Å². The van der Waals surface area contributed by atoms with Gasteiger partial charge in [-0.15, -0.1) is 0 Å². The first-order valence-electron chi connectivity index (χ1n) is 12.1. The smallest absolute Gasteiger partial charge is 0.303 e. The topological polar surface area (TPSA) is 79.3 Å². The van der Waals surface area contributed by atoms with Crippen molar-refractivity contribution < 1.29 is 14.7 Å². The normalized spacial score (nSPS) is 17.7. The maximum atomic E-state index is 12.9. The van der Waals surface area contributed by atoms with Crippen LogP contribution in [0, 0.1) is 5.92 Å². The minimum absolute atomic E-state index is 0.154. The summed E-state index contributed by atoms with van der Waals surface area (Å²) in [5, 5.41) is 12.8. The molecule has 5 rings (SSSR count). The number of benzene rings is 3. The molecule has 1 aliphatic rings. The number of rotatable bonds is 6. The van der Waals surface area contributed by atoms with Gasteiger partial charge < -0.3 is 10.4 Å². The van der Waals surface area contributed by atoms with Crippen molar-refractivity contribution in [2.75, 3.05) is 5.32 Å². The molecule has 1 heterocycles. The zero-order chi connectivity index (χ0) is 24.2. The molecular formula is C30H28N2O3. The number of amides is 1. The summed E-state index contributed by atoms with van der Waals surface area (Å²) < 4.78 is 0. The molecule has 0 spiro atoms. The maximum Gasteiger partial charge on any atom is 0.303 e. The number of para-hydroxylation sites is 1. The van der Waals surface area contributed by atoms with Crippen molar-refractivity contribution in [3.8, 4) is 11.1 Å². The molecule has 4 aromatic rings. The van der Waals surface area contributed by atoms with Crippen LogP contribution in [0.1, 0.15) is 53.9 Å². The van der Waals surface area contributed by atoms with Crippen LogP contribution in [-0.4, -0.2) is 22.0 Å². The van der Waals surface area contributed by atoms with E-state index in [1.807, 2.05) is 48.5 Å². The molecule has 5 nitrogen and oxygen atoms in total. The fourth-order valence-corrected chi connectivity index (χ4v) is 5.14. The predicted molar refractivity (Wildman–Crippen MR) is 139 cm³/mol. The highest BCUT2D eigenvalue weighted by atomic mass is 16.4. The standard InChI is InChI=1S/C30H28N2O3/c33-29(34)18-20-6-8-21(9-7-20)22-10-12-23(13-11-22)24-14-15-26-27(16-17-31-28(26)19-24)30(35)32-25-4-2-1-3-5-25/h1-5,10-17,19-21H,6-9,18H2,(H,32,35)(H,33,34)/t20-,21-. The zero-order valence-electron chi connectivity index (χ0n) is 19.5. The number of carbonyl (C=O) groups excluding carboxylic acids is 1. The molecule has 0 aliphatic heterocycles. The van der Waals surface area contributed by atoms with Gasteiger partial charge in [-0.1, -0.05) is 54.6 Å². The number of nitrogens with one attached hydrogen (secondary N) is 1. The zero-order valence-corrected chi connectivity index (χ0v) is 19.5. The van der Waals surface area contributed by atoms with Crippen LogP contribution in [0.5, 0.6) is 0 Å². The highest BCUT2D eigenvalue weighted by Gasteiger charge is 2.24. The van der Waals surface area contributed by atoms with Crippen LogP contribution in [0.25, 0.3) is 22.0 Å². The Labute approximate surface area is 204 Å². The maximum absolute atomic E-state index is 12.9. The summed E-state index contributed by atoms with van der Waals surface area (Å²) in [4.78, 5) is 28.4. The fourth-order valence-electron chi connectivity index (χ4n) is 5.14. The molecule has 1 amide bonds. The molecule has 35 heavy (non-hydrogen) atoms. The average molecular weight is 465 g/mol. The third-order valence-electron chi connectivity index (χ3n) is 7.04. The first-order valence-corrected chi connectivity index (χ1v) is 12.1. The van der Waals surface area contributed by atoms with E-state index in [1.165, 1.54) is 5.56 Å². The molecule has 0 saturated heterocycles. The highest BCUT2D eigenvalue weighted by molar-refractivity contribution is 6.12. The first-order chi connectivity index (χ1) is 17.1. The van der Waals surface area contributed by atoms with Gasteiger partial charge in [-0.05, 0) is 78.5 Å². The van der Waals surface area contributed by atoms with Crippen LogP contribution in [0.15, 0.2) is 85.1 Å². The molecule has 0 atom stereocenters. The molecule has 0 bridgehead atoms. The number of hydrogen-bond donors (Lipinski definition) is 2. The van der Waals surface area contributed by atoms with E-state index in [9.17, 15) is 9.59 Å². The monoisotopic (exact) mass is 464 g/mol. The third-order valence-corrected chi connectivity index (χ3v) is 7.04. The van der Waals surface area contributed by atoms with Gasteiger partial charge in [0.15, 0.2) is 0 Å². The summed E-state index contributed by atoms with van der Waals surface area (Å²) in [6.07, 6.45) is 6.02. The summed E-state index contributed by atoms with van der Waals surface area (Å²) in [5.41, 5.74) is 5.62. The lowest BCUT2D eigenvalue weighted by Gasteiger charge is -2.28. The first kappa shape index (κ1) is 22.8. The molecule has 5 heteroatoms. The Bertz CT molecular complexity index is 1340. The van der Waals surface area contributed by atoms with Crippen LogP contribution < -0.4 is 5.32 Å². The molecule has 1 fully saturated rings. The van der Waals surface area contributed by atoms with E-state index in [2.05, 4.69) is 34.6 Å². The van der Waals surface area contributed by atoms with E-state index in [4.69, 9.17) is 5.11 Å². The molecular weight excluding hydrogens is 436 g/mol. The molecule has 1 aromatic heterocycles. The van der Waals surface area contributed by atoms with Crippen LogP contribution >= 0.6 is 0 Å². The van der Waals surface area contributed by atoms with Crippen LogP contribution in [0.4, 0.5) is 5.69 Å². The number of aliphatic carboxylic acids is 1. The second kappa shape index (κ2) is 10.1. The summed E-state index contributed by atoms with van der Waals surface area (Å²) in [5.74, 6) is -0.0313. The third kappa shape index (κ3) is 5.24. The van der Waals surface area contributed by atoms with E-state index in [0.29, 0.717) is 17.4 Å². The van der Waals surface area contributed by atoms with Gasteiger partial charge in [-0.3, -0.25) is 14.6 Å². The number of hydrogen-bond acceptors (Lipinski definition) is 3. The van der Waals surface area contributed by atoms with E-state index >= 15 is 0 Å². The van der Waals surface area contributed by atoms with Gasteiger partial charge in [0, 0.05) is 23.7 Å². The second-order valence-corrected chi connectivity index (χ2v) is 9.35. The van der Waals surface area contributed by atoms with E-state index in [0.717, 1.165) is 53.4 Å². The molecule has 1 aliphatic carbocycles. The lowest BCUT2D eigenvalue weighted by atomic mass is 9.77. The van der Waals surface area contributed by atoms with Gasteiger partial charge in [0.05, 0.1) is 11.1 Å². The molecule has 0 radical (unpaired) electrons. The van der Waals surface area contributed by atoms with Gasteiger partial charge in [0.1, 0.15) is 0 Å². The largest absolute Gasteiger partial charge is 0.481 e. The highest BCUT2D eigenvalue weighted by Crippen LogP contribution is 2.37. The average Bonchev–Trinajstić information content (AvgIpc) is 2.89. The summed E-state index contributed by atoms with van der Waals surface area (Å²) in [6, 6.07) is 25.9. The minimum atomic E-state index is -0.688. The Morgan fingerprint density at radius 3 is 2.29 bits per heavy atom. The fraction of sp³-hybridized carbons (Fsp3) is 0.233. The van der Waals surface area contributed by atoms with Crippen molar-refractivity contribution in [1.82, 2.24) is 4.98 Å². The van der Waals surface area contributed by atoms with Crippen LogP contribution in [0.3, 0.4) is 0 Å². The summed E-state index contributed by atoms with van der Waals surface area (Å²) in [7, 11) is 0. The lowest BCUT2D eigenvalue weighted by molar-refractivity contribution is -0.138. The predicted octanol–water partition coefficient (Wildman–Crippen LogP) is 6.90. The number of anilines is 1. The van der Waals surface area contributed by atoms with Crippen molar-refractivity contribution in [1.29, 1.82) is 0 Å². The number of aromatic nitrogens is 1. The van der Waals surface area contributed by atoms with Gasteiger partial charge in [-0.2, -0.15) is 0 Å². The van der Waals surface area contributed by atoms with Gasteiger partial charge in [0.25, 0.3) is 5.91 Å². The summed E-state index contributed by atoms with van der Waals surface area (Å²) >= 11 is 0.